The Morgan fingerprint density at radius 1 is 1.42 bits per heavy atom. The highest BCUT2D eigenvalue weighted by Gasteiger charge is 2.27. The van der Waals surface area contributed by atoms with Crippen molar-refractivity contribution in [2.45, 2.75) is 32.9 Å². The minimum absolute atomic E-state index is 0.0162. The second-order valence-corrected chi connectivity index (χ2v) is 7.00. The van der Waals surface area contributed by atoms with Gasteiger partial charge in [-0.3, -0.25) is 4.79 Å². The van der Waals surface area contributed by atoms with Gasteiger partial charge in [-0.25, -0.2) is 9.67 Å². The lowest BCUT2D eigenvalue weighted by Gasteiger charge is -2.34. The molecule has 3 aromatic heterocycles. The van der Waals surface area contributed by atoms with Crippen LogP contribution in [-0.4, -0.2) is 51.2 Å². The highest BCUT2D eigenvalue weighted by atomic mass is 16.3. The van der Waals surface area contributed by atoms with Gasteiger partial charge in [0.1, 0.15) is 5.69 Å². The smallest absolute Gasteiger partial charge is 0.255 e. The lowest BCUT2D eigenvalue weighted by atomic mass is 10.1. The third-order valence-electron chi connectivity index (χ3n) is 4.82. The number of amides is 1. The van der Waals surface area contributed by atoms with Gasteiger partial charge in [0.25, 0.3) is 5.91 Å². The van der Waals surface area contributed by atoms with Gasteiger partial charge in [0, 0.05) is 31.7 Å². The summed E-state index contributed by atoms with van der Waals surface area (Å²) < 4.78 is 7.37. The lowest BCUT2D eigenvalue weighted by Crippen LogP contribution is -2.52. The van der Waals surface area contributed by atoms with Crippen molar-refractivity contribution in [2.75, 3.05) is 19.6 Å². The minimum Gasteiger partial charge on any atom is -0.463 e. The summed E-state index contributed by atoms with van der Waals surface area (Å²) in [5.41, 5.74) is 1.98. The van der Waals surface area contributed by atoms with Crippen LogP contribution in [0.3, 0.4) is 0 Å². The Morgan fingerprint density at radius 2 is 2.27 bits per heavy atom. The van der Waals surface area contributed by atoms with Crippen LogP contribution >= 0.6 is 0 Å². The van der Waals surface area contributed by atoms with E-state index in [1.54, 1.807) is 12.5 Å². The molecule has 0 saturated carbocycles. The van der Waals surface area contributed by atoms with Crippen molar-refractivity contribution in [3.63, 3.8) is 0 Å². The second kappa shape index (κ2) is 6.57. The van der Waals surface area contributed by atoms with Gasteiger partial charge in [0.2, 0.25) is 0 Å². The number of carbonyl (C=O) groups is 1. The number of piperazine rings is 1. The van der Waals surface area contributed by atoms with Crippen LogP contribution < -0.4 is 5.32 Å². The predicted molar refractivity (Wildman–Crippen MR) is 99.0 cm³/mol. The Bertz CT molecular complexity index is 929. The molecule has 0 spiro atoms. The number of hydrogen-bond donors (Lipinski definition) is 1. The normalized spacial score (nSPS) is 18.0. The van der Waals surface area contributed by atoms with Crippen LogP contribution in [0.4, 0.5) is 0 Å². The molecule has 136 valence electrons. The van der Waals surface area contributed by atoms with Crippen LogP contribution in [0.5, 0.6) is 0 Å². The SMILES string of the molecule is CC(C)n1ncc2c(C(=O)N3CCNC[C@@H]3C)cc(-c3ccco3)nc21. The van der Waals surface area contributed by atoms with Crippen LogP contribution in [0.2, 0.25) is 0 Å². The third kappa shape index (κ3) is 2.78. The zero-order chi connectivity index (χ0) is 18.3. The fourth-order valence-electron chi connectivity index (χ4n) is 3.42. The first-order valence-electron chi connectivity index (χ1n) is 9.00. The number of furan rings is 1. The Hall–Kier alpha value is -2.67. The number of aromatic nitrogens is 3. The van der Waals surface area contributed by atoms with Gasteiger partial charge >= 0.3 is 0 Å². The van der Waals surface area contributed by atoms with Crippen LogP contribution in [0.25, 0.3) is 22.5 Å². The van der Waals surface area contributed by atoms with E-state index in [1.165, 1.54) is 0 Å². The highest BCUT2D eigenvalue weighted by Crippen LogP contribution is 2.28. The highest BCUT2D eigenvalue weighted by molar-refractivity contribution is 6.06. The summed E-state index contributed by atoms with van der Waals surface area (Å²) in [6.07, 6.45) is 3.36. The molecule has 4 heterocycles. The van der Waals surface area contributed by atoms with Crippen LogP contribution in [-0.2, 0) is 0 Å². The predicted octanol–water partition coefficient (Wildman–Crippen LogP) is 2.71. The molecule has 0 bridgehead atoms. The Kier molecular flexibility index (Phi) is 4.24. The zero-order valence-electron chi connectivity index (χ0n) is 15.3. The Labute approximate surface area is 152 Å². The summed E-state index contributed by atoms with van der Waals surface area (Å²) in [7, 11) is 0. The molecule has 3 aromatic rings. The first-order valence-corrected chi connectivity index (χ1v) is 9.00. The van der Waals surface area contributed by atoms with E-state index >= 15 is 0 Å². The average Bonchev–Trinajstić information content (AvgIpc) is 3.30. The van der Waals surface area contributed by atoms with Crippen LogP contribution in [0.1, 0.15) is 37.2 Å². The van der Waals surface area contributed by atoms with Gasteiger partial charge in [-0.15, -0.1) is 0 Å². The average molecular weight is 353 g/mol. The fraction of sp³-hybridized carbons (Fsp3) is 0.421. The molecule has 0 aromatic carbocycles. The molecule has 1 amide bonds. The molecule has 26 heavy (non-hydrogen) atoms. The number of rotatable bonds is 3. The minimum atomic E-state index is 0.0162. The number of fused-ring (bicyclic) bond motifs is 1. The van der Waals surface area contributed by atoms with Crippen LogP contribution in [0.15, 0.2) is 35.1 Å². The molecule has 1 atom stereocenters. The molecular weight excluding hydrogens is 330 g/mol. The molecular formula is C19H23N5O2. The maximum atomic E-state index is 13.3. The Balaban J connectivity index is 1.88. The van der Waals surface area contributed by atoms with Crippen molar-refractivity contribution in [3.05, 3.63) is 36.2 Å². The molecule has 4 rings (SSSR count). The summed E-state index contributed by atoms with van der Waals surface area (Å²) >= 11 is 0. The first kappa shape index (κ1) is 16.8. The standard InChI is InChI=1S/C19H23N5O2/c1-12(2)24-18-15(11-21-24)14(9-16(22-18)17-5-4-8-26-17)19(25)23-7-6-20-10-13(23)3/h4-5,8-9,11-13,20H,6-7,10H2,1-3H3/t13-/m0/s1. The van der Waals surface area contributed by atoms with Crippen molar-refractivity contribution < 1.29 is 9.21 Å². The van der Waals surface area contributed by atoms with E-state index in [1.807, 2.05) is 41.6 Å². The number of carbonyl (C=O) groups excluding carboxylic acids is 1. The summed E-state index contributed by atoms with van der Waals surface area (Å²) in [6.45, 7) is 8.46. The quantitative estimate of drug-likeness (QED) is 0.783. The van der Waals surface area contributed by atoms with Gasteiger partial charge in [0.15, 0.2) is 11.4 Å². The molecule has 0 aliphatic carbocycles. The summed E-state index contributed by atoms with van der Waals surface area (Å²) in [6, 6.07) is 5.79. The molecule has 7 heteroatoms. The largest absolute Gasteiger partial charge is 0.463 e. The molecule has 7 nitrogen and oxygen atoms in total. The van der Waals surface area contributed by atoms with E-state index in [9.17, 15) is 4.79 Å². The Morgan fingerprint density at radius 3 is 2.96 bits per heavy atom. The van der Waals surface area contributed by atoms with E-state index in [0.29, 0.717) is 29.2 Å². The monoisotopic (exact) mass is 353 g/mol. The van der Waals surface area contributed by atoms with E-state index in [4.69, 9.17) is 9.40 Å². The van der Waals surface area contributed by atoms with Gasteiger partial charge in [-0.1, -0.05) is 0 Å². The number of hydrogen-bond acceptors (Lipinski definition) is 5. The number of nitrogens with zero attached hydrogens (tertiary/aromatic N) is 4. The molecule has 0 unspecified atom stereocenters. The summed E-state index contributed by atoms with van der Waals surface area (Å²) in [4.78, 5) is 20.0. The molecule has 1 N–H and O–H groups in total. The topological polar surface area (TPSA) is 76.2 Å². The van der Waals surface area contributed by atoms with Gasteiger partial charge in [0.05, 0.1) is 23.4 Å². The third-order valence-corrected chi connectivity index (χ3v) is 4.82. The van der Waals surface area contributed by atoms with Crippen LogP contribution in [0, 0.1) is 0 Å². The van der Waals surface area contributed by atoms with Gasteiger partial charge in [-0.2, -0.15) is 5.10 Å². The van der Waals surface area contributed by atoms with Gasteiger partial charge < -0.3 is 14.6 Å². The van der Waals surface area contributed by atoms with Crippen molar-refractivity contribution in [2.24, 2.45) is 0 Å². The number of nitrogens with one attached hydrogen (secondary N) is 1. The molecule has 1 fully saturated rings. The summed E-state index contributed by atoms with van der Waals surface area (Å²) in [5.74, 6) is 0.660. The molecule has 0 radical (unpaired) electrons. The summed E-state index contributed by atoms with van der Waals surface area (Å²) in [5, 5.41) is 8.57. The molecule has 1 aliphatic heterocycles. The fourth-order valence-corrected chi connectivity index (χ4v) is 3.42. The molecule has 1 aliphatic rings. The second-order valence-electron chi connectivity index (χ2n) is 7.00. The van der Waals surface area contributed by atoms with E-state index < -0.39 is 0 Å². The van der Waals surface area contributed by atoms with E-state index in [-0.39, 0.29) is 18.0 Å². The van der Waals surface area contributed by atoms with E-state index in [0.717, 1.165) is 18.5 Å². The maximum Gasteiger partial charge on any atom is 0.255 e. The lowest BCUT2D eigenvalue weighted by molar-refractivity contribution is 0.0658. The van der Waals surface area contributed by atoms with Crippen molar-refractivity contribution >= 4 is 16.9 Å². The van der Waals surface area contributed by atoms with E-state index in [2.05, 4.69) is 17.3 Å². The van der Waals surface area contributed by atoms with Crippen molar-refractivity contribution in [1.29, 1.82) is 0 Å². The molecule has 1 saturated heterocycles. The van der Waals surface area contributed by atoms with Gasteiger partial charge in [-0.05, 0) is 39.0 Å². The number of pyridine rings is 1. The first-order chi connectivity index (χ1) is 12.6. The van der Waals surface area contributed by atoms with Crippen molar-refractivity contribution in [3.8, 4) is 11.5 Å². The zero-order valence-corrected chi connectivity index (χ0v) is 15.3. The maximum absolute atomic E-state index is 13.3. The van der Waals surface area contributed by atoms with Crippen molar-refractivity contribution in [1.82, 2.24) is 25.0 Å².